The average molecular weight is 146 g/mol. The van der Waals surface area contributed by atoms with Gasteiger partial charge in [0.1, 0.15) is 6.10 Å². The molecule has 3 heteroatoms. The van der Waals surface area contributed by atoms with Gasteiger partial charge in [0.2, 0.25) is 0 Å². The van der Waals surface area contributed by atoms with Gasteiger partial charge in [-0.15, -0.1) is 0 Å². The molecule has 0 bridgehead atoms. The van der Waals surface area contributed by atoms with E-state index < -0.39 is 12.2 Å². The van der Waals surface area contributed by atoms with Crippen molar-refractivity contribution in [2.24, 2.45) is 0 Å². The van der Waals surface area contributed by atoms with Crippen LogP contribution in [0.2, 0.25) is 0 Å². The number of hydrogen-bond acceptors (Lipinski definition) is 3. The first-order chi connectivity index (χ1) is 4.59. The largest absolute Gasteiger partial charge is 0.390 e. The van der Waals surface area contributed by atoms with Crippen molar-refractivity contribution in [1.82, 2.24) is 0 Å². The van der Waals surface area contributed by atoms with Crippen molar-refractivity contribution < 1.29 is 15.0 Å². The number of carbonyl (C=O) groups is 1. The Morgan fingerprint density at radius 1 is 1.50 bits per heavy atom. The summed E-state index contributed by atoms with van der Waals surface area (Å²) in [4.78, 5) is 10.5. The molecule has 0 aliphatic carbocycles. The molecular weight excluding hydrogens is 132 g/mol. The Kier molecular flexibility index (Phi) is 4.23. The number of Topliss-reactive ketones (excluding diaryl/α,β-unsaturated/α-hetero) is 1. The molecule has 0 saturated carbocycles. The molecule has 0 spiro atoms. The van der Waals surface area contributed by atoms with Crippen molar-refractivity contribution >= 4 is 5.78 Å². The normalized spacial score (nSPS) is 16.4. The Morgan fingerprint density at radius 3 is 2.30 bits per heavy atom. The molecule has 0 aromatic heterocycles. The fourth-order valence-corrected chi connectivity index (χ4v) is 0.725. The van der Waals surface area contributed by atoms with Crippen molar-refractivity contribution in [3.63, 3.8) is 0 Å². The Balaban J connectivity index is 3.69. The minimum absolute atomic E-state index is 0.374. The summed E-state index contributed by atoms with van der Waals surface area (Å²) in [5.74, 6) is -0.374. The number of carbonyl (C=O) groups excluding carboxylic acids is 1. The van der Waals surface area contributed by atoms with Crippen LogP contribution in [0.1, 0.15) is 26.7 Å². The molecule has 0 amide bonds. The second kappa shape index (κ2) is 4.41. The van der Waals surface area contributed by atoms with Gasteiger partial charge >= 0.3 is 0 Å². The van der Waals surface area contributed by atoms with Crippen LogP contribution in [0.3, 0.4) is 0 Å². The monoisotopic (exact) mass is 146 g/mol. The van der Waals surface area contributed by atoms with E-state index in [2.05, 4.69) is 0 Å². The summed E-state index contributed by atoms with van der Waals surface area (Å²) in [5.41, 5.74) is 0. The van der Waals surface area contributed by atoms with Crippen molar-refractivity contribution in [2.45, 2.75) is 38.9 Å². The van der Waals surface area contributed by atoms with Gasteiger partial charge in [0.15, 0.2) is 5.78 Å². The van der Waals surface area contributed by atoms with Gasteiger partial charge in [-0.25, -0.2) is 0 Å². The number of aliphatic hydroxyl groups excluding tert-OH is 2. The lowest BCUT2D eigenvalue weighted by molar-refractivity contribution is -0.130. The van der Waals surface area contributed by atoms with Crippen LogP contribution >= 0.6 is 0 Å². The van der Waals surface area contributed by atoms with Crippen LogP contribution in [0.25, 0.3) is 0 Å². The van der Waals surface area contributed by atoms with Crippen LogP contribution in [0, 0.1) is 0 Å². The highest BCUT2D eigenvalue weighted by Gasteiger charge is 2.18. The summed E-state index contributed by atoms with van der Waals surface area (Å²) >= 11 is 0. The Labute approximate surface area is 60.7 Å². The molecular formula is C7H14O3. The number of hydrogen-bond donors (Lipinski definition) is 2. The Morgan fingerprint density at radius 2 is 2.00 bits per heavy atom. The van der Waals surface area contributed by atoms with Crippen LogP contribution < -0.4 is 0 Å². The molecule has 2 atom stereocenters. The first kappa shape index (κ1) is 9.59. The third-order valence-electron chi connectivity index (χ3n) is 1.37. The second-order valence-electron chi connectivity index (χ2n) is 2.41. The fraction of sp³-hybridized carbons (Fsp3) is 0.857. The summed E-state index contributed by atoms with van der Waals surface area (Å²) in [5, 5.41) is 17.9. The van der Waals surface area contributed by atoms with Crippen LogP contribution in [0.15, 0.2) is 0 Å². The fourth-order valence-electron chi connectivity index (χ4n) is 0.725. The van der Waals surface area contributed by atoms with Crippen LogP contribution in [-0.4, -0.2) is 28.2 Å². The van der Waals surface area contributed by atoms with Gasteiger partial charge in [0.25, 0.3) is 0 Å². The van der Waals surface area contributed by atoms with Crippen molar-refractivity contribution in [3.8, 4) is 0 Å². The smallest absolute Gasteiger partial charge is 0.160 e. The van der Waals surface area contributed by atoms with E-state index in [0.29, 0.717) is 6.42 Å². The molecule has 0 unspecified atom stereocenters. The van der Waals surface area contributed by atoms with E-state index in [9.17, 15) is 4.79 Å². The van der Waals surface area contributed by atoms with Gasteiger partial charge in [0.05, 0.1) is 6.10 Å². The number of ketones is 1. The van der Waals surface area contributed by atoms with E-state index in [1.165, 1.54) is 6.92 Å². The van der Waals surface area contributed by atoms with Crippen molar-refractivity contribution in [1.29, 1.82) is 0 Å². The maximum atomic E-state index is 10.5. The topological polar surface area (TPSA) is 57.5 Å². The zero-order chi connectivity index (χ0) is 8.15. The lowest BCUT2D eigenvalue weighted by atomic mass is 10.1. The highest BCUT2D eigenvalue weighted by atomic mass is 16.3. The predicted molar refractivity (Wildman–Crippen MR) is 37.6 cm³/mol. The highest BCUT2D eigenvalue weighted by molar-refractivity contribution is 5.80. The zero-order valence-corrected chi connectivity index (χ0v) is 6.37. The molecule has 0 aliphatic heterocycles. The Hall–Kier alpha value is -0.410. The van der Waals surface area contributed by atoms with Gasteiger partial charge in [-0.05, 0) is 13.3 Å². The molecule has 0 saturated heterocycles. The molecule has 0 aromatic carbocycles. The molecule has 0 aromatic rings. The third-order valence-corrected chi connectivity index (χ3v) is 1.37. The van der Waals surface area contributed by atoms with Gasteiger partial charge in [0, 0.05) is 0 Å². The zero-order valence-electron chi connectivity index (χ0n) is 6.37. The SMILES string of the molecule is CCC[C@@H](O)[C@H](O)C(C)=O. The van der Waals surface area contributed by atoms with E-state index in [4.69, 9.17) is 10.2 Å². The third kappa shape index (κ3) is 2.94. The molecule has 3 nitrogen and oxygen atoms in total. The van der Waals surface area contributed by atoms with E-state index in [1.54, 1.807) is 0 Å². The highest BCUT2D eigenvalue weighted by Crippen LogP contribution is 2.02. The molecule has 60 valence electrons. The van der Waals surface area contributed by atoms with Crippen LogP contribution in [-0.2, 0) is 4.79 Å². The minimum atomic E-state index is -1.19. The molecule has 0 aliphatic rings. The van der Waals surface area contributed by atoms with Gasteiger partial charge in [-0.3, -0.25) is 4.79 Å². The molecule has 10 heavy (non-hydrogen) atoms. The summed E-state index contributed by atoms with van der Waals surface area (Å²) in [6.07, 6.45) is -0.839. The molecule has 0 heterocycles. The average Bonchev–Trinajstić information content (AvgIpc) is 1.87. The van der Waals surface area contributed by atoms with E-state index in [0.717, 1.165) is 6.42 Å². The lowest BCUT2D eigenvalue weighted by Crippen LogP contribution is -2.31. The quantitative estimate of drug-likeness (QED) is 0.591. The summed E-state index contributed by atoms with van der Waals surface area (Å²) < 4.78 is 0. The minimum Gasteiger partial charge on any atom is -0.390 e. The summed E-state index contributed by atoms with van der Waals surface area (Å²) in [6, 6.07) is 0. The predicted octanol–water partition coefficient (Wildman–Crippen LogP) is 0.0973. The van der Waals surface area contributed by atoms with Crippen molar-refractivity contribution in [3.05, 3.63) is 0 Å². The maximum absolute atomic E-state index is 10.5. The molecule has 0 radical (unpaired) electrons. The number of rotatable bonds is 4. The maximum Gasteiger partial charge on any atom is 0.160 e. The lowest BCUT2D eigenvalue weighted by Gasteiger charge is -2.13. The van der Waals surface area contributed by atoms with Gasteiger partial charge in [-0.1, -0.05) is 13.3 Å². The molecule has 2 N–H and O–H groups in total. The number of aliphatic hydroxyl groups is 2. The second-order valence-corrected chi connectivity index (χ2v) is 2.41. The standard InChI is InChI=1S/C7H14O3/c1-3-4-6(9)7(10)5(2)8/h6-7,9-10H,3-4H2,1-2H3/t6-,7-/m1/s1. The van der Waals surface area contributed by atoms with Crippen LogP contribution in [0.5, 0.6) is 0 Å². The van der Waals surface area contributed by atoms with E-state index in [-0.39, 0.29) is 5.78 Å². The van der Waals surface area contributed by atoms with E-state index >= 15 is 0 Å². The first-order valence-corrected chi connectivity index (χ1v) is 3.46. The molecule has 0 rings (SSSR count). The molecule has 0 fully saturated rings. The van der Waals surface area contributed by atoms with Crippen LogP contribution in [0.4, 0.5) is 0 Å². The summed E-state index contributed by atoms with van der Waals surface area (Å²) in [6.45, 7) is 3.15. The van der Waals surface area contributed by atoms with E-state index in [1.807, 2.05) is 6.92 Å². The Bertz CT molecular complexity index is 111. The van der Waals surface area contributed by atoms with Gasteiger partial charge in [-0.2, -0.15) is 0 Å². The van der Waals surface area contributed by atoms with Gasteiger partial charge < -0.3 is 10.2 Å². The first-order valence-electron chi connectivity index (χ1n) is 3.46. The summed E-state index contributed by atoms with van der Waals surface area (Å²) in [7, 11) is 0. The van der Waals surface area contributed by atoms with Crippen molar-refractivity contribution in [2.75, 3.05) is 0 Å².